The number of benzene rings is 1. The van der Waals surface area contributed by atoms with E-state index in [1.54, 1.807) is 0 Å². The average molecular weight is 284 g/mol. The molecule has 20 heavy (non-hydrogen) atoms. The van der Waals surface area contributed by atoms with E-state index in [0.717, 1.165) is 31.4 Å². The summed E-state index contributed by atoms with van der Waals surface area (Å²) in [6, 6.07) is 8.14. The molecular weight excluding hydrogens is 258 g/mol. The second-order valence-electron chi connectivity index (χ2n) is 5.25. The number of hydrazine groups is 1. The summed E-state index contributed by atoms with van der Waals surface area (Å²) in [5, 5.41) is 0. The number of nitrogens with two attached hydrogens (primary N) is 1. The van der Waals surface area contributed by atoms with Crippen LogP contribution in [0.5, 0.6) is 0 Å². The van der Waals surface area contributed by atoms with Gasteiger partial charge in [-0.15, -0.1) is 0 Å². The minimum absolute atomic E-state index is 0.0610. The zero-order valence-electron chi connectivity index (χ0n) is 12.1. The molecular formula is C16H26F2N2. The van der Waals surface area contributed by atoms with Gasteiger partial charge in [0.05, 0.1) is 0 Å². The van der Waals surface area contributed by atoms with Crippen LogP contribution in [0.3, 0.4) is 0 Å². The fourth-order valence-corrected chi connectivity index (χ4v) is 2.33. The molecule has 0 saturated heterocycles. The Hall–Kier alpha value is -1.16. The van der Waals surface area contributed by atoms with Crippen molar-refractivity contribution in [3.8, 4) is 0 Å². The first-order valence-corrected chi connectivity index (χ1v) is 7.56. The SMILES string of the molecule is NNc1cccc(CCCCCCCCCC(F)F)c1. The van der Waals surface area contributed by atoms with Gasteiger partial charge in [0.2, 0.25) is 6.43 Å². The summed E-state index contributed by atoms with van der Waals surface area (Å²) in [6.45, 7) is 0. The monoisotopic (exact) mass is 284 g/mol. The summed E-state index contributed by atoms with van der Waals surface area (Å²) in [4.78, 5) is 0. The van der Waals surface area contributed by atoms with Gasteiger partial charge in [-0.2, -0.15) is 0 Å². The Morgan fingerprint density at radius 2 is 1.60 bits per heavy atom. The van der Waals surface area contributed by atoms with Crippen molar-refractivity contribution >= 4 is 5.69 Å². The second kappa shape index (κ2) is 10.6. The Bertz CT molecular complexity index is 356. The van der Waals surface area contributed by atoms with E-state index in [-0.39, 0.29) is 6.42 Å². The zero-order chi connectivity index (χ0) is 14.6. The van der Waals surface area contributed by atoms with E-state index in [1.807, 2.05) is 12.1 Å². The molecule has 0 aliphatic rings. The summed E-state index contributed by atoms with van der Waals surface area (Å²) in [6.07, 6.45) is 6.42. The summed E-state index contributed by atoms with van der Waals surface area (Å²) >= 11 is 0. The van der Waals surface area contributed by atoms with Gasteiger partial charge in [0.15, 0.2) is 0 Å². The van der Waals surface area contributed by atoms with Crippen molar-refractivity contribution in [1.29, 1.82) is 0 Å². The van der Waals surface area contributed by atoms with E-state index in [9.17, 15) is 8.78 Å². The molecule has 0 spiro atoms. The van der Waals surface area contributed by atoms with Crippen LogP contribution in [0.1, 0.15) is 56.9 Å². The van der Waals surface area contributed by atoms with E-state index in [2.05, 4.69) is 17.6 Å². The number of anilines is 1. The van der Waals surface area contributed by atoms with E-state index in [0.29, 0.717) is 6.42 Å². The maximum Gasteiger partial charge on any atom is 0.238 e. The van der Waals surface area contributed by atoms with Crippen molar-refractivity contribution in [1.82, 2.24) is 0 Å². The third-order valence-electron chi connectivity index (χ3n) is 3.48. The van der Waals surface area contributed by atoms with Crippen molar-refractivity contribution in [2.24, 2.45) is 5.84 Å². The molecule has 0 amide bonds. The zero-order valence-corrected chi connectivity index (χ0v) is 12.1. The molecule has 0 aliphatic heterocycles. The van der Waals surface area contributed by atoms with Gasteiger partial charge in [-0.05, 0) is 37.0 Å². The van der Waals surface area contributed by atoms with Gasteiger partial charge in [0, 0.05) is 12.1 Å². The van der Waals surface area contributed by atoms with Crippen LogP contribution < -0.4 is 11.3 Å². The fourth-order valence-electron chi connectivity index (χ4n) is 2.33. The van der Waals surface area contributed by atoms with Gasteiger partial charge in [0.1, 0.15) is 0 Å². The maximum absolute atomic E-state index is 11.9. The fraction of sp³-hybridized carbons (Fsp3) is 0.625. The highest BCUT2D eigenvalue weighted by atomic mass is 19.3. The Morgan fingerprint density at radius 1 is 0.950 bits per heavy atom. The highest BCUT2D eigenvalue weighted by Gasteiger charge is 2.01. The summed E-state index contributed by atoms with van der Waals surface area (Å²) in [5.41, 5.74) is 4.90. The summed E-state index contributed by atoms with van der Waals surface area (Å²) in [5.74, 6) is 5.37. The van der Waals surface area contributed by atoms with Crippen LogP contribution in [0.15, 0.2) is 24.3 Å². The van der Waals surface area contributed by atoms with Gasteiger partial charge >= 0.3 is 0 Å². The van der Waals surface area contributed by atoms with Crippen LogP contribution in [0.2, 0.25) is 0 Å². The Morgan fingerprint density at radius 3 is 2.25 bits per heavy atom. The average Bonchev–Trinajstić information content (AvgIpc) is 2.45. The Kier molecular flexibility index (Phi) is 8.96. The van der Waals surface area contributed by atoms with Gasteiger partial charge in [-0.1, -0.05) is 44.2 Å². The molecule has 0 atom stereocenters. The number of nitrogen functional groups attached to an aromatic ring is 1. The molecule has 2 nitrogen and oxygen atoms in total. The van der Waals surface area contributed by atoms with E-state index < -0.39 is 6.43 Å². The van der Waals surface area contributed by atoms with Gasteiger partial charge in [-0.3, -0.25) is 5.84 Å². The number of unbranched alkanes of at least 4 members (excludes halogenated alkanes) is 6. The molecule has 0 heterocycles. The van der Waals surface area contributed by atoms with Crippen LogP contribution in [0.4, 0.5) is 14.5 Å². The molecule has 0 bridgehead atoms. The summed E-state index contributed by atoms with van der Waals surface area (Å²) < 4.78 is 23.8. The second-order valence-corrected chi connectivity index (χ2v) is 5.25. The lowest BCUT2D eigenvalue weighted by Gasteiger charge is -2.05. The molecule has 0 saturated carbocycles. The Labute approximate surface area is 120 Å². The van der Waals surface area contributed by atoms with Crippen molar-refractivity contribution in [3.63, 3.8) is 0 Å². The van der Waals surface area contributed by atoms with Crippen LogP contribution in [-0.4, -0.2) is 6.43 Å². The van der Waals surface area contributed by atoms with E-state index >= 15 is 0 Å². The van der Waals surface area contributed by atoms with Crippen LogP contribution in [0, 0.1) is 0 Å². The predicted octanol–water partition coefficient (Wildman–Crippen LogP) is 4.90. The van der Waals surface area contributed by atoms with Crippen LogP contribution in [0.25, 0.3) is 0 Å². The third kappa shape index (κ3) is 8.10. The smallest absolute Gasteiger partial charge is 0.238 e. The van der Waals surface area contributed by atoms with Gasteiger partial charge < -0.3 is 5.43 Å². The molecule has 4 heteroatoms. The highest BCUT2D eigenvalue weighted by Crippen LogP contribution is 2.14. The van der Waals surface area contributed by atoms with Crippen molar-refractivity contribution in [3.05, 3.63) is 29.8 Å². The van der Waals surface area contributed by atoms with Crippen LogP contribution >= 0.6 is 0 Å². The van der Waals surface area contributed by atoms with Crippen molar-refractivity contribution in [2.75, 3.05) is 5.43 Å². The molecule has 3 N–H and O–H groups in total. The van der Waals surface area contributed by atoms with Crippen molar-refractivity contribution < 1.29 is 8.78 Å². The van der Waals surface area contributed by atoms with Crippen LogP contribution in [-0.2, 0) is 6.42 Å². The molecule has 0 radical (unpaired) electrons. The topological polar surface area (TPSA) is 38.0 Å². The number of halogens is 2. The molecule has 114 valence electrons. The quantitative estimate of drug-likeness (QED) is 0.344. The van der Waals surface area contributed by atoms with E-state index in [1.165, 1.54) is 24.8 Å². The minimum Gasteiger partial charge on any atom is -0.324 e. The number of hydrogen-bond donors (Lipinski definition) is 2. The number of rotatable bonds is 11. The van der Waals surface area contributed by atoms with Crippen molar-refractivity contribution in [2.45, 2.75) is 64.2 Å². The first kappa shape index (κ1) is 16.9. The first-order chi connectivity index (χ1) is 9.72. The molecule has 1 rings (SSSR count). The summed E-state index contributed by atoms with van der Waals surface area (Å²) in [7, 11) is 0. The third-order valence-corrected chi connectivity index (χ3v) is 3.48. The lowest BCUT2D eigenvalue weighted by molar-refractivity contribution is 0.133. The highest BCUT2D eigenvalue weighted by molar-refractivity contribution is 5.44. The number of alkyl halides is 2. The molecule has 0 unspecified atom stereocenters. The lowest BCUT2D eigenvalue weighted by Crippen LogP contribution is -2.06. The maximum atomic E-state index is 11.9. The van der Waals surface area contributed by atoms with E-state index in [4.69, 9.17) is 5.84 Å². The Balaban J connectivity index is 1.96. The lowest BCUT2D eigenvalue weighted by atomic mass is 10.0. The normalized spacial score (nSPS) is 11.0. The molecule has 0 aromatic heterocycles. The standard InChI is InChI=1S/C16H26F2N2/c17-16(18)12-7-5-3-1-2-4-6-9-14-10-8-11-15(13-14)20-19/h8,10-11,13,16,20H,1-7,9,12,19H2. The molecule has 1 aromatic carbocycles. The predicted molar refractivity (Wildman–Crippen MR) is 80.9 cm³/mol. The largest absolute Gasteiger partial charge is 0.324 e. The number of nitrogens with one attached hydrogen (secondary N) is 1. The number of aryl methyl sites for hydroxylation is 1. The molecule has 1 aromatic rings. The molecule has 0 fully saturated rings. The minimum atomic E-state index is -2.13. The van der Waals surface area contributed by atoms with Gasteiger partial charge in [0.25, 0.3) is 0 Å². The molecule has 0 aliphatic carbocycles. The number of hydrogen-bond acceptors (Lipinski definition) is 2. The first-order valence-electron chi connectivity index (χ1n) is 7.56. The van der Waals surface area contributed by atoms with Gasteiger partial charge in [-0.25, -0.2) is 8.78 Å².